The second-order valence-corrected chi connectivity index (χ2v) is 4.72. The molecule has 22 heavy (non-hydrogen) atoms. The van der Waals surface area contributed by atoms with Crippen molar-refractivity contribution in [3.05, 3.63) is 54.6 Å². The van der Waals surface area contributed by atoms with E-state index in [0.29, 0.717) is 31.1 Å². The third kappa shape index (κ3) is 4.01. The largest absolute Gasteiger partial charge is 0.493 e. The summed E-state index contributed by atoms with van der Waals surface area (Å²) in [7, 11) is 1.60. The number of anilines is 1. The third-order valence-electron chi connectivity index (χ3n) is 3.33. The highest BCUT2D eigenvalue weighted by atomic mass is 16.5. The van der Waals surface area contributed by atoms with Crippen molar-refractivity contribution < 1.29 is 14.3 Å². The third-order valence-corrected chi connectivity index (χ3v) is 3.33. The smallest absolute Gasteiger partial charge is 0.230 e. The van der Waals surface area contributed by atoms with E-state index < -0.39 is 0 Å². The topological polar surface area (TPSA) is 38.8 Å². The first-order valence-electron chi connectivity index (χ1n) is 7.37. The Balaban J connectivity index is 1.92. The second kappa shape index (κ2) is 8.08. The second-order valence-electron chi connectivity index (χ2n) is 4.72. The summed E-state index contributed by atoms with van der Waals surface area (Å²) in [6, 6.07) is 17.1. The van der Waals surface area contributed by atoms with Crippen molar-refractivity contribution in [1.29, 1.82) is 0 Å². The van der Waals surface area contributed by atoms with Crippen LogP contribution < -0.4 is 14.4 Å². The molecule has 0 unspecified atom stereocenters. The Hall–Kier alpha value is -2.49. The summed E-state index contributed by atoms with van der Waals surface area (Å²) >= 11 is 0. The van der Waals surface area contributed by atoms with Gasteiger partial charge in [0.1, 0.15) is 0 Å². The number of nitrogens with zero attached hydrogens (tertiary/aromatic N) is 1. The number of rotatable bonds is 7. The van der Waals surface area contributed by atoms with Gasteiger partial charge in [-0.3, -0.25) is 4.79 Å². The van der Waals surface area contributed by atoms with Gasteiger partial charge in [0.25, 0.3) is 0 Å². The van der Waals surface area contributed by atoms with Gasteiger partial charge in [-0.1, -0.05) is 30.3 Å². The molecule has 0 aliphatic carbocycles. The summed E-state index contributed by atoms with van der Waals surface area (Å²) in [5.74, 6) is 1.37. The van der Waals surface area contributed by atoms with Crippen molar-refractivity contribution in [2.75, 3.05) is 25.2 Å². The molecular weight excluding hydrogens is 278 g/mol. The quantitative estimate of drug-likeness (QED) is 0.785. The lowest BCUT2D eigenvalue weighted by Crippen LogP contribution is -2.31. The zero-order valence-electron chi connectivity index (χ0n) is 13.0. The fraction of sp³-hybridized carbons (Fsp3) is 0.278. The normalized spacial score (nSPS) is 10.1. The Morgan fingerprint density at radius 3 is 2.27 bits per heavy atom. The summed E-state index contributed by atoms with van der Waals surface area (Å²) in [5, 5.41) is 0. The lowest BCUT2D eigenvalue weighted by molar-refractivity contribution is -0.119. The van der Waals surface area contributed by atoms with Crippen LogP contribution >= 0.6 is 0 Å². The fourth-order valence-electron chi connectivity index (χ4n) is 2.23. The van der Waals surface area contributed by atoms with E-state index in [1.165, 1.54) is 0 Å². The number of hydrogen-bond acceptors (Lipinski definition) is 3. The molecule has 0 fully saturated rings. The minimum Gasteiger partial charge on any atom is -0.493 e. The molecular formula is C18H21NO3. The number of carbonyl (C=O) groups excluding carboxylic acids is 1. The Labute approximate surface area is 131 Å². The van der Waals surface area contributed by atoms with Gasteiger partial charge in [-0.15, -0.1) is 0 Å². The number of para-hydroxylation sites is 3. The summed E-state index contributed by atoms with van der Waals surface area (Å²) in [5.41, 5.74) is 0.910. The monoisotopic (exact) mass is 299 g/mol. The van der Waals surface area contributed by atoms with Crippen LogP contribution in [0.4, 0.5) is 5.69 Å². The van der Waals surface area contributed by atoms with E-state index in [-0.39, 0.29) is 5.91 Å². The average Bonchev–Trinajstić information content (AvgIpc) is 2.57. The van der Waals surface area contributed by atoms with Crippen molar-refractivity contribution in [2.24, 2.45) is 0 Å². The summed E-state index contributed by atoms with van der Waals surface area (Å²) < 4.78 is 10.9. The van der Waals surface area contributed by atoms with Gasteiger partial charge in [0.15, 0.2) is 11.5 Å². The summed E-state index contributed by atoms with van der Waals surface area (Å²) in [6.45, 7) is 2.92. The zero-order chi connectivity index (χ0) is 15.8. The van der Waals surface area contributed by atoms with E-state index in [0.717, 1.165) is 5.69 Å². The zero-order valence-corrected chi connectivity index (χ0v) is 13.0. The highest BCUT2D eigenvalue weighted by Gasteiger charge is 2.13. The fourth-order valence-corrected chi connectivity index (χ4v) is 2.23. The minimum absolute atomic E-state index is 0.0450. The lowest BCUT2D eigenvalue weighted by atomic mass is 10.2. The van der Waals surface area contributed by atoms with E-state index in [1.54, 1.807) is 12.0 Å². The lowest BCUT2D eigenvalue weighted by Gasteiger charge is -2.21. The maximum atomic E-state index is 12.3. The van der Waals surface area contributed by atoms with Crippen LogP contribution in [0.1, 0.15) is 13.3 Å². The first-order chi connectivity index (χ1) is 10.8. The van der Waals surface area contributed by atoms with E-state index in [1.807, 2.05) is 61.5 Å². The number of carbonyl (C=O) groups is 1. The molecule has 4 nitrogen and oxygen atoms in total. The maximum absolute atomic E-state index is 12.3. The Kier molecular flexibility index (Phi) is 5.83. The van der Waals surface area contributed by atoms with E-state index in [2.05, 4.69) is 0 Å². The van der Waals surface area contributed by atoms with Gasteiger partial charge in [-0.2, -0.15) is 0 Å². The van der Waals surface area contributed by atoms with Gasteiger partial charge >= 0.3 is 0 Å². The van der Waals surface area contributed by atoms with Crippen LogP contribution in [0.5, 0.6) is 11.5 Å². The van der Waals surface area contributed by atoms with Gasteiger partial charge in [0, 0.05) is 12.2 Å². The van der Waals surface area contributed by atoms with Crippen molar-refractivity contribution in [1.82, 2.24) is 0 Å². The van der Waals surface area contributed by atoms with E-state index >= 15 is 0 Å². The summed E-state index contributed by atoms with van der Waals surface area (Å²) in [6.07, 6.45) is 0.320. The maximum Gasteiger partial charge on any atom is 0.230 e. The average molecular weight is 299 g/mol. The molecule has 2 aromatic rings. The SMILES string of the molecule is CCN(C(=O)CCOc1ccccc1OC)c1ccccc1. The summed E-state index contributed by atoms with van der Waals surface area (Å²) in [4.78, 5) is 14.1. The van der Waals surface area contributed by atoms with E-state index in [9.17, 15) is 4.79 Å². The molecule has 0 spiro atoms. The molecule has 0 aliphatic rings. The molecule has 0 atom stereocenters. The molecule has 116 valence electrons. The Bertz CT molecular complexity index is 598. The molecule has 0 saturated carbocycles. The molecule has 0 aromatic heterocycles. The molecule has 0 saturated heterocycles. The standard InChI is InChI=1S/C18H21NO3/c1-3-19(15-9-5-4-6-10-15)18(20)13-14-22-17-12-8-7-11-16(17)21-2/h4-12H,3,13-14H2,1-2H3. The van der Waals surface area contributed by atoms with Gasteiger partial charge < -0.3 is 14.4 Å². The Morgan fingerprint density at radius 1 is 1.00 bits per heavy atom. The highest BCUT2D eigenvalue weighted by molar-refractivity contribution is 5.93. The molecule has 0 N–H and O–H groups in total. The predicted octanol–water partition coefficient (Wildman–Crippen LogP) is 3.52. The molecule has 4 heteroatoms. The number of benzene rings is 2. The van der Waals surface area contributed by atoms with Crippen LogP contribution in [0.15, 0.2) is 54.6 Å². The van der Waals surface area contributed by atoms with E-state index in [4.69, 9.17) is 9.47 Å². The number of methoxy groups -OCH3 is 1. The first-order valence-corrected chi connectivity index (χ1v) is 7.37. The minimum atomic E-state index is 0.0450. The number of hydrogen-bond donors (Lipinski definition) is 0. The molecule has 1 amide bonds. The molecule has 0 bridgehead atoms. The molecule has 2 rings (SSSR count). The number of amides is 1. The first kappa shape index (κ1) is 15.9. The molecule has 0 aliphatic heterocycles. The van der Waals surface area contributed by atoms with Crippen LogP contribution in [-0.2, 0) is 4.79 Å². The van der Waals surface area contributed by atoms with Crippen molar-refractivity contribution in [2.45, 2.75) is 13.3 Å². The molecule has 0 heterocycles. The number of ether oxygens (including phenoxy) is 2. The van der Waals surface area contributed by atoms with Crippen molar-refractivity contribution in [3.8, 4) is 11.5 Å². The van der Waals surface area contributed by atoms with Gasteiger partial charge in [0.05, 0.1) is 20.1 Å². The Morgan fingerprint density at radius 2 is 1.64 bits per heavy atom. The van der Waals surface area contributed by atoms with Crippen LogP contribution in [-0.4, -0.2) is 26.2 Å². The van der Waals surface area contributed by atoms with Crippen LogP contribution in [0.25, 0.3) is 0 Å². The highest BCUT2D eigenvalue weighted by Crippen LogP contribution is 2.25. The van der Waals surface area contributed by atoms with Gasteiger partial charge in [-0.25, -0.2) is 0 Å². The molecule has 2 aromatic carbocycles. The molecule has 0 radical (unpaired) electrons. The van der Waals surface area contributed by atoms with Gasteiger partial charge in [0.2, 0.25) is 5.91 Å². The predicted molar refractivity (Wildman–Crippen MR) is 87.6 cm³/mol. The van der Waals surface area contributed by atoms with Crippen molar-refractivity contribution in [3.63, 3.8) is 0 Å². The van der Waals surface area contributed by atoms with Crippen molar-refractivity contribution >= 4 is 11.6 Å². The van der Waals surface area contributed by atoms with Crippen LogP contribution in [0.3, 0.4) is 0 Å². The van der Waals surface area contributed by atoms with Crippen LogP contribution in [0.2, 0.25) is 0 Å². The van der Waals surface area contributed by atoms with Gasteiger partial charge in [-0.05, 0) is 31.2 Å². The van der Waals surface area contributed by atoms with Crippen LogP contribution in [0, 0.1) is 0 Å².